The Bertz CT molecular complexity index is 1600. The second-order valence-electron chi connectivity index (χ2n) is 10.2. The van der Waals surface area contributed by atoms with Gasteiger partial charge in [0.2, 0.25) is 0 Å². The molecule has 1 amide bonds. The van der Waals surface area contributed by atoms with Crippen molar-refractivity contribution >= 4 is 11.6 Å². The Labute approximate surface area is 237 Å². The summed E-state index contributed by atoms with van der Waals surface area (Å²) in [6, 6.07) is 8.61. The van der Waals surface area contributed by atoms with E-state index < -0.39 is 17.5 Å². The summed E-state index contributed by atoms with van der Waals surface area (Å²) in [5, 5.41) is 7.23. The first kappa shape index (κ1) is 28.1. The highest BCUT2D eigenvalue weighted by molar-refractivity contribution is 6.03. The summed E-state index contributed by atoms with van der Waals surface area (Å²) in [6.45, 7) is 3.81. The normalized spacial score (nSPS) is 20.2. The zero-order valence-corrected chi connectivity index (χ0v) is 22.9. The van der Waals surface area contributed by atoms with E-state index in [-0.39, 0.29) is 47.3 Å². The Morgan fingerprint density at radius 3 is 2.76 bits per heavy atom. The molecule has 10 heteroatoms. The standard InChI is InChI=1S/C31H31F2N7O/c1-3-5-7-20-8-6-9-23(32)28(20)29-24(33)10-11-26(38-29)31(41)39-27-16-35-13-12-22(27)21-14-19(4-2)30(25(34)15-21)40-18-36-17-37-40/h6,8-13,16-19,21,25,30H,4,7,14-15,34H2,1-2H3,(H,39,41). The first-order valence-electron chi connectivity index (χ1n) is 13.6. The van der Waals surface area contributed by atoms with Gasteiger partial charge in [0.05, 0.1) is 17.9 Å². The van der Waals surface area contributed by atoms with Crippen LogP contribution in [0.25, 0.3) is 11.3 Å². The number of aromatic nitrogens is 5. The lowest BCUT2D eigenvalue weighted by Gasteiger charge is -2.40. The minimum Gasteiger partial charge on any atom is -0.326 e. The largest absolute Gasteiger partial charge is 0.326 e. The summed E-state index contributed by atoms with van der Waals surface area (Å²) in [4.78, 5) is 26.0. The fraction of sp³-hybridized carbons (Fsp3) is 0.323. The van der Waals surface area contributed by atoms with E-state index in [4.69, 9.17) is 5.73 Å². The number of rotatable bonds is 7. The molecule has 41 heavy (non-hydrogen) atoms. The van der Waals surface area contributed by atoms with Crippen LogP contribution in [0, 0.1) is 29.4 Å². The Morgan fingerprint density at radius 1 is 1.15 bits per heavy atom. The number of carbonyl (C=O) groups excluding carboxylic acids is 1. The SMILES string of the molecule is CC#CCc1cccc(F)c1-c1nc(C(=O)Nc2cnccc2C2CC(N)C(n3cncn3)C(CC)C2)ccc1F. The molecular weight excluding hydrogens is 524 g/mol. The molecule has 0 aliphatic heterocycles. The molecule has 0 spiro atoms. The number of carbonyl (C=O) groups is 1. The van der Waals surface area contributed by atoms with Gasteiger partial charge in [-0.25, -0.2) is 23.4 Å². The topological polar surface area (TPSA) is 112 Å². The molecule has 0 radical (unpaired) electrons. The van der Waals surface area contributed by atoms with Crippen molar-refractivity contribution in [3.05, 3.63) is 89.9 Å². The van der Waals surface area contributed by atoms with Gasteiger partial charge in [-0.3, -0.25) is 9.78 Å². The van der Waals surface area contributed by atoms with Crippen LogP contribution < -0.4 is 11.1 Å². The zero-order chi connectivity index (χ0) is 28.9. The van der Waals surface area contributed by atoms with Gasteiger partial charge in [-0.1, -0.05) is 31.4 Å². The third-order valence-corrected chi connectivity index (χ3v) is 7.75. The molecule has 5 rings (SSSR count). The lowest BCUT2D eigenvalue weighted by molar-refractivity contribution is 0.102. The van der Waals surface area contributed by atoms with Crippen LogP contribution in [-0.4, -0.2) is 36.7 Å². The molecule has 1 saturated carbocycles. The molecule has 1 aromatic carbocycles. The van der Waals surface area contributed by atoms with Gasteiger partial charge in [0.15, 0.2) is 0 Å². The van der Waals surface area contributed by atoms with Gasteiger partial charge in [-0.05, 0) is 67.0 Å². The van der Waals surface area contributed by atoms with Crippen LogP contribution in [0.4, 0.5) is 14.5 Å². The van der Waals surface area contributed by atoms with E-state index in [0.29, 0.717) is 17.7 Å². The lowest BCUT2D eigenvalue weighted by atomic mass is 9.71. The lowest BCUT2D eigenvalue weighted by Crippen LogP contribution is -2.43. The van der Waals surface area contributed by atoms with Crippen molar-refractivity contribution < 1.29 is 13.6 Å². The summed E-state index contributed by atoms with van der Waals surface area (Å²) in [7, 11) is 0. The highest BCUT2D eigenvalue weighted by Gasteiger charge is 2.38. The van der Waals surface area contributed by atoms with Gasteiger partial charge in [0, 0.05) is 24.2 Å². The molecule has 4 unspecified atom stereocenters. The van der Waals surface area contributed by atoms with Crippen molar-refractivity contribution in [1.82, 2.24) is 24.7 Å². The fourth-order valence-electron chi connectivity index (χ4n) is 5.83. The smallest absolute Gasteiger partial charge is 0.274 e. The third kappa shape index (κ3) is 5.86. The van der Waals surface area contributed by atoms with E-state index in [1.54, 1.807) is 31.7 Å². The predicted molar refractivity (Wildman–Crippen MR) is 152 cm³/mol. The van der Waals surface area contributed by atoms with Crippen LogP contribution in [0.15, 0.2) is 61.4 Å². The second-order valence-corrected chi connectivity index (χ2v) is 10.2. The van der Waals surface area contributed by atoms with Crippen molar-refractivity contribution in [3.8, 4) is 23.1 Å². The first-order valence-corrected chi connectivity index (χ1v) is 13.6. The Kier molecular flexibility index (Phi) is 8.45. The number of anilines is 1. The molecule has 1 aliphatic carbocycles. The van der Waals surface area contributed by atoms with E-state index in [0.717, 1.165) is 24.5 Å². The molecule has 4 aromatic rings. The average molecular weight is 556 g/mol. The van der Waals surface area contributed by atoms with Crippen LogP contribution in [0.2, 0.25) is 0 Å². The molecule has 1 aliphatic rings. The molecule has 3 aromatic heterocycles. The first-order chi connectivity index (χ1) is 19.9. The molecule has 3 N–H and O–H groups in total. The summed E-state index contributed by atoms with van der Waals surface area (Å²) in [6.07, 6.45) is 9.16. The van der Waals surface area contributed by atoms with Crippen molar-refractivity contribution in [3.63, 3.8) is 0 Å². The molecule has 0 saturated heterocycles. The molecule has 8 nitrogen and oxygen atoms in total. The third-order valence-electron chi connectivity index (χ3n) is 7.75. The molecule has 4 atom stereocenters. The molecule has 3 heterocycles. The van der Waals surface area contributed by atoms with Gasteiger partial charge < -0.3 is 11.1 Å². The number of nitrogens with two attached hydrogens (primary N) is 1. The van der Waals surface area contributed by atoms with E-state index in [2.05, 4.69) is 44.1 Å². The van der Waals surface area contributed by atoms with Crippen LogP contribution in [-0.2, 0) is 6.42 Å². The number of halogens is 2. The number of hydrogen-bond donors (Lipinski definition) is 2. The summed E-state index contributed by atoms with van der Waals surface area (Å²) in [5.41, 5.74) is 8.31. The van der Waals surface area contributed by atoms with E-state index in [1.807, 2.05) is 10.7 Å². The highest BCUT2D eigenvalue weighted by atomic mass is 19.1. The Morgan fingerprint density at radius 2 is 2.00 bits per heavy atom. The average Bonchev–Trinajstić information content (AvgIpc) is 3.51. The summed E-state index contributed by atoms with van der Waals surface area (Å²) in [5.74, 6) is 4.05. The van der Waals surface area contributed by atoms with Gasteiger partial charge in [0.25, 0.3) is 5.91 Å². The van der Waals surface area contributed by atoms with E-state index in [9.17, 15) is 13.6 Å². The van der Waals surface area contributed by atoms with Gasteiger partial charge >= 0.3 is 0 Å². The Balaban J connectivity index is 1.42. The van der Waals surface area contributed by atoms with Crippen LogP contribution in [0.5, 0.6) is 0 Å². The second kappa shape index (κ2) is 12.4. The van der Waals surface area contributed by atoms with Crippen LogP contribution in [0.3, 0.4) is 0 Å². The van der Waals surface area contributed by atoms with Crippen molar-refractivity contribution in [2.75, 3.05) is 5.32 Å². The number of amides is 1. The summed E-state index contributed by atoms with van der Waals surface area (Å²) >= 11 is 0. The monoisotopic (exact) mass is 555 g/mol. The van der Waals surface area contributed by atoms with Crippen LogP contribution in [0.1, 0.15) is 66.7 Å². The van der Waals surface area contributed by atoms with Gasteiger partial charge in [-0.2, -0.15) is 5.10 Å². The number of nitrogens with zero attached hydrogens (tertiary/aromatic N) is 5. The number of hydrogen-bond acceptors (Lipinski definition) is 6. The Hall–Kier alpha value is -4.49. The predicted octanol–water partition coefficient (Wildman–Crippen LogP) is 5.30. The minimum atomic E-state index is -0.733. The van der Waals surface area contributed by atoms with E-state index >= 15 is 0 Å². The van der Waals surface area contributed by atoms with Crippen molar-refractivity contribution in [2.24, 2.45) is 11.7 Å². The zero-order valence-electron chi connectivity index (χ0n) is 22.9. The number of pyridine rings is 2. The quantitative estimate of drug-likeness (QED) is 0.299. The molecule has 210 valence electrons. The summed E-state index contributed by atoms with van der Waals surface area (Å²) < 4.78 is 31.7. The van der Waals surface area contributed by atoms with Gasteiger partial charge in [-0.15, -0.1) is 5.92 Å². The maximum atomic E-state index is 14.9. The molecular formula is C31H31F2N7O. The maximum absolute atomic E-state index is 14.9. The fourth-order valence-corrected chi connectivity index (χ4v) is 5.83. The molecule has 0 bridgehead atoms. The highest BCUT2D eigenvalue weighted by Crippen LogP contribution is 2.44. The molecule has 1 fully saturated rings. The maximum Gasteiger partial charge on any atom is 0.274 e. The van der Waals surface area contributed by atoms with Crippen molar-refractivity contribution in [1.29, 1.82) is 0 Å². The van der Waals surface area contributed by atoms with E-state index in [1.165, 1.54) is 24.5 Å². The number of benzene rings is 1. The van der Waals surface area contributed by atoms with Crippen molar-refractivity contribution in [2.45, 2.75) is 57.5 Å². The number of nitrogens with one attached hydrogen (secondary N) is 1. The minimum absolute atomic E-state index is 0.00629. The van der Waals surface area contributed by atoms with Crippen LogP contribution >= 0.6 is 0 Å². The van der Waals surface area contributed by atoms with Gasteiger partial charge in [0.1, 0.15) is 35.7 Å².